The largest absolute Gasteiger partial charge is 0.366 e. The first-order valence-electron chi connectivity index (χ1n) is 8.97. The van der Waals surface area contributed by atoms with Gasteiger partial charge in [0, 0.05) is 16.3 Å². The van der Waals surface area contributed by atoms with Gasteiger partial charge in [0.15, 0.2) is 10.8 Å². The van der Waals surface area contributed by atoms with Gasteiger partial charge in [-0.1, -0.05) is 29.4 Å². The number of nitrogens with two attached hydrogens (primary N) is 1. The molecule has 0 aliphatic heterocycles. The maximum Gasteiger partial charge on any atom is 0.262 e. The van der Waals surface area contributed by atoms with E-state index in [0.29, 0.717) is 33.0 Å². The molecule has 0 fully saturated rings. The van der Waals surface area contributed by atoms with Crippen molar-refractivity contribution in [1.82, 2.24) is 19.7 Å². The lowest BCUT2D eigenvalue weighted by molar-refractivity contribution is -0.113. The predicted molar refractivity (Wildman–Crippen MR) is 119 cm³/mol. The third-order valence-electron chi connectivity index (χ3n) is 4.26. The molecular formula is C20H15ClN6O3S. The molecule has 0 radical (unpaired) electrons. The number of aromatic amines is 1. The molecule has 4 N–H and O–H groups in total. The number of aromatic nitrogens is 4. The Morgan fingerprint density at radius 1 is 1.19 bits per heavy atom. The van der Waals surface area contributed by atoms with Crippen LogP contribution < -0.4 is 16.6 Å². The number of primary amides is 1. The van der Waals surface area contributed by atoms with E-state index >= 15 is 0 Å². The van der Waals surface area contributed by atoms with Gasteiger partial charge in [0.1, 0.15) is 5.39 Å². The van der Waals surface area contributed by atoms with E-state index in [-0.39, 0.29) is 22.4 Å². The van der Waals surface area contributed by atoms with Crippen LogP contribution in [0.25, 0.3) is 16.7 Å². The van der Waals surface area contributed by atoms with Gasteiger partial charge in [-0.25, -0.2) is 9.67 Å². The number of thioether (sulfide) groups is 1. The first-order chi connectivity index (χ1) is 14.9. The summed E-state index contributed by atoms with van der Waals surface area (Å²) in [5, 5.41) is 8.07. The highest BCUT2D eigenvalue weighted by molar-refractivity contribution is 7.99. The summed E-state index contributed by atoms with van der Waals surface area (Å²) in [5.74, 6) is -0.837. The molecule has 0 aliphatic rings. The SMILES string of the molecule is NC(=O)c1ccc(NC(=O)CSc2nc3c(cnn3-c3cccc(Cl)c3)c(=O)[nH]2)cc1. The van der Waals surface area contributed by atoms with Gasteiger partial charge in [-0.3, -0.25) is 14.4 Å². The van der Waals surface area contributed by atoms with Crippen LogP contribution in [0.15, 0.2) is 64.7 Å². The predicted octanol–water partition coefficient (Wildman–Crippen LogP) is 2.59. The van der Waals surface area contributed by atoms with Crippen molar-refractivity contribution >= 4 is 51.9 Å². The number of anilines is 1. The summed E-state index contributed by atoms with van der Waals surface area (Å²) in [6.45, 7) is 0. The standard InChI is InChI=1S/C20H15ClN6O3S/c21-12-2-1-3-14(8-12)27-18-15(9-23-27)19(30)26-20(25-18)31-10-16(28)24-13-6-4-11(5-7-13)17(22)29/h1-9H,10H2,(H2,22,29)(H,24,28)(H,25,26,30). The minimum atomic E-state index is -0.545. The summed E-state index contributed by atoms with van der Waals surface area (Å²) >= 11 is 7.13. The maximum absolute atomic E-state index is 12.4. The van der Waals surface area contributed by atoms with Crippen LogP contribution in [-0.2, 0) is 4.79 Å². The molecule has 156 valence electrons. The summed E-state index contributed by atoms with van der Waals surface area (Å²) in [6, 6.07) is 13.2. The zero-order chi connectivity index (χ0) is 22.0. The summed E-state index contributed by atoms with van der Waals surface area (Å²) in [4.78, 5) is 42.9. The number of halogens is 1. The van der Waals surface area contributed by atoms with Crippen LogP contribution in [0.4, 0.5) is 5.69 Å². The molecule has 0 atom stereocenters. The van der Waals surface area contributed by atoms with Crippen molar-refractivity contribution < 1.29 is 9.59 Å². The number of H-pyrrole nitrogens is 1. The topological polar surface area (TPSA) is 136 Å². The van der Waals surface area contributed by atoms with E-state index in [0.717, 1.165) is 11.8 Å². The molecule has 9 nitrogen and oxygen atoms in total. The number of carbonyl (C=O) groups is 2. The first kappa shape index (κ1) is 20.6. The second-order valence-electron chi connectivity index (χ2n) is 6.42. The summed E-state index contributed by atoms with van der Waals surface area (Å²) in [5.41, 5.74) is 6.72. The molecular weight excluding hydrogens is 440 g/mol. The van der Waals surface area contributed by atoms with Crippen molar-refractivity contribution in [2.24, 2.45) is 5.73 Å². The Bertz CT molecular complexity index is 1350. The number of amides is 2. The molecule has 4 rings (SSSR count). The summed E-state index contributed by atoms with van der Waals surface area (Å²) in [7, 11) is 0. The molecule has 31 heavy (non-hydrogen) atoms. The van der Waals surface area contributed by atoms with Crippen molar-refractivity contribution in [3.8, 4) is 5.69 Å². The van der Waals surface area contributed by atoms with Crippen molar-refractivity contribution in [2.75, 3.05) is 11.1 Å². The highest BCUT2D eigenvalue weighted by atomic mass is 35.5. The number of rotatable bonds is 6. The smallest absolute Gasteiger partial charge is 0.262 e. The Balaban J connectivity index is 1.51. The van der Waals surface area contributed by atoms with Gasteiger partial charge in [-0.15, -0.1) is 0 Å². The number of benzene rings is 2. The minimum Gasteiger partial charge on any atom is -0.366 e. The molecule has 2 aromatic carbocycles. The van der Waals surface area contributed by atoms with Crippen molar-refractivity contribution in [1.29, 1.82) is 0 Å². The average Bonchev–Trinajstić information content (AvgIpc) is 3.17. The molecule has 0 unspecified atom stereocenters. The van der Waals surface area contributed by atoms with Gasteiger partial charge >= 0.3 is 0 Å². The number of nitrogens with one attached hydrogen (secondary N) is 2. The molecule has 2 heterocycles. The van der Waals surface area contributed by atoms with E-state index in [9.17, 15) is 14.4 Å². The highest BCUT2D eigenvalue weighted by Gasteiger charge is 2.13. The van der Waals surface area contributed by atoms with Crippen LogP contribution in [0.2, 0.25) is 5.02 Å². The van der Waals surface area contributed by atoms with E-state index in [4.69, 9.17) is 17.3 Å². The fraction of sp³-hybridized carbons (Fsp3) is 0.0500. The van der Waals surface area contributed by atoms with E-state index in [1.54, 1.807) is 36.4 Å². The molecule has 0 bridgehead atoms. The summed E-state index contributed by atoms with van der Waals surface area (Å²) < 4.78 is 1.51. The number of hydrogen-bond acceptors (Lipinski definition) is 6. The quantitative estimate of drug-likeness (QED) is 0.302. The second kappa shape index (κ2) is 8.62. The van der Waals surface area contributed by atoms with E-state index in [1.807, 2.05) is 0 Å². The van der Waals surface area contributed by atoms with Crippen molar-refractivity contribution in [2.45, 2.75) is 5.16 Å². The average molecular weight is 455 g/mol. The monoisotopic (exact) mass is 454 g/mol. The number of carbonyl (C=O) groups excluding carboxylic acids is 2. The molecule has 2 aromatic heterocycles. The number of nitrogens with zero attached hydrogens (tertiary/aromatic N) is 3. The Kier molecular flexibility index (Phi) is 5.74. The van der Waals surface area contributed by atoms with Crippen molar-refractivity contribution in [3.63, 3.8) is 0 Å². The number of fused-ring (bicyclic) bond motifs is 1. The van der Waals surface area contributed by atoms with Gasteiger partial charge in [0.25, 0.3) is 5.56 Å². The molecule has 4 aromatic rings. The molecule has 2 amide bonds. The molecule has 0 saturated heterocycles. The minimum absolute atomic E-state index is 0.0112. The van der Waals surface area contributed by atoms with Gasteiger partial charge in [0.05, 0.1) is 17.6 Å². The third-order valence-corrected chi connectivity index (χ3v) is 5.37. The molecule has 0 aliphatic carbocycles. The Morgan fingerprint density at radius 2 is 1.97 bits per heavy atom. The van der Waals surface area contributed by atoms with Gasteiger partial charge < -0.3 is 16.0 Å². The first-order valence-corrected chi connectivity index (χ1v) is 10.3. The van der Waals surface area contributed by atoms with Crippen LogP contribution in [0.3, 0.4) is 0 Å². The Labute approximate surface area is 184 Å². The third kappa shape index (κ3) is 4.60. The van der Waals surface area contributed by atoms with Gasteiger partial charge in [0.2, 0.25) is 11.8 Å². The normalized spacial score (nSPS) is 10.9. The van der Waals surface area contributed by atoms with Crippen LogP contribution in [0.5, 0.6) is 0 Å². The van der Waals surface area contributed by atoms with Gasteiger partial charge in [-0.2, -0.15) is 5.10 Å². The summed E-state index contributed by atoms with van der Waals surface area (Å²) in [6.07, 6.45) is 1.43. The van der Waals surface area contributed by atoms with Crippen LogP contribution >= 0.6 is 23.4 Å². The Hall–Kier alpha value is -3.63. The lowest BCUT2D eigenvalue weighted by Crippen LogP contribution is -2.16. The van der Waals surface area contributed by atoms with E-state index in [1.165, 1.54) is 23.0 Å². The zero-order valence-electron chi connectivity index (χ0n) is 15.8. The fourth-order valence-electron chi connectivity index (χ4n) is 2.81. The lowest BCUT2D eigenvalue weighted by atomic mass is 10.2. The zero-order valence-corrected chi connectivity index (χ0v) is 17.4. The van der Waals surface area contributed by atoms with Crippen molar-refractivity contribution in [3.05, 3.63) is 75.7 Å². The van der Waals surface area contributed by atoms with E-state index < -0.39 is 5.91 Å². The highest BCUT2D eigenvalue weighted by Crippen LogP contribution is 2.20. The van der Waals surface area contributed by atoms with Crippen LogP contribution in [0, 0.1) is 0 Å². The van der Waals surface area contributed by atoms with Crippen LogP contribution in [0.1, 0.15) is 10.4 Å². The molecule has 0 saturated carbocycles. The second-order valence-corrected chi connectivity index (χ2v) is 7.82. The van der Waals surface area contributed by atoms with Crippen LogP contribution in [-0.4, -0.2) is 37.3 Å². The number of hydrogen-bond donors (Lipinski definition) is 3. The fourth-order valence-corrected chi connectivity index (χ4v) is 3.65. The maximum atomic E-state index is 12.4. The molecule has 0 spiro atoms. The van der Waals surface area contributed by atoms with E-state index in [2.05, 4.69) is 20.4 Å². The molecule has 11 heteroatoms. The Morgan fingerprint density at radius 3 is 2.68 bits per heavy atom. The van der Waals surface area contributed by atoms with Gasteiger partial charge in [-0.05, 0) is 42.5 Å². The lowest BCUT2D eigenvalue weighted by Gasteiger charge is -2.06.